The molecular weight excluding hydrogens is 112 g/mol. The summed E-state index contributed by atoms with van der Waals surface area (Å²) in [7, 11) is 0. The molecule has 0 amide bonds. The van der Waals surface area contributed by atoms with E-state index in [0.29, 0.717) is 5.92 Å². The van der Waals surface area contributed by atoms with Crippen LogP contribution in [-0.2, 0) is 0 Å². The third kappa shape index (κ3) is 3.76. The van der Waals surface area contributed by atoms with Crippen molar-refractivity contribution < 1.29 is 0 Å². The van der Waals surface area contributed by atoms with Crippen molar-refractivity contribution in [2.75, 3.05) is 0 Å². The van der Waals surface area contributed by atoms with Crippen LogP contribution in [0.3, 0.4) is 0 Å². The highest BCUT2D eigenvalue weighted by Gasteiger charge is 1.93. The SMILES string of the molecule is CC=N/C=C(\N)C(C)C. The van der Waals surface area contributed by atoms with Gasteiger partial charge in [-0.15, -0.1) is 0 Å². The molecule has 0 heterocycles. The zero-order valence-electron chi connectivity index (χ0n) is 6.26. The first-order valence-corrected chi connectivity index (χ1v) is 3.11. The van der Waals surface area contributed by atoms with E-state index in [9.17, 15) is 0 Å². The van der Waals surface area contributed by atoms with Gasteiger partial charge >= 0.3 is 0 Å². The Morgan fingerprint density at radius 2 is 2.11 bits per heavy atom. The fraction of sp³-hybridized carbons (Fsp3) is 0.571. The molecule has 0 aromatic carbocycles. The molecule has 0 spiro atoms. The highest BCUT2D eigenvalue weighted by atomic mass is 14.7. The van der Waals surface area contributed by atoms with Gasteiger partial charge in [-0.25, -0.2) is 0 Å². The zero-order valence-corrected chi connectivity index (χ0v) is 6.26. The molecule has 2 N–H and O–H groups in total. The van der Waals surface area contributed by atoms with Crippen molar-refractivity contribution in [3.63, 3.8) is 0 Å². The zero-order chi connectivity index (χ0) is 7.28. The summed E-state index contributed by atoms with van der Waals surface area (Å²) in [6.45, 7) is 5.94. The van der Waals surface area contributed by atoms with Crippen molar-refractivity contribution in [2.24, 2.45) is 16.6 Å². The molecule has 0 bridgehead atoms. The Bertz CT molecular complexity index is 123. The quantitative estimate of drug-likeness (QED) is 0.560. The molecule has 0 aromatic heterocycles. The fourth-order valence-corrected chi connectivity index (χ4v) is 0.310. The highest BCUT2D eigenvalue weighted by Crippen LogP contribution is 2.00. The second-order valence-electron chi connectivity index (χ2n) is 2.19. The monoisotopic (exact) mass is 126 g/mol. The summed E-state index contributed by atoms with van der Waals surface area (Å²) in [6.07, 6.45) is 3.40. The molecule has 2 heteroatoms. The first-order valence-electron chi connectivity index (χ1n) is 3.11. The smallest absolute Gasteiger partial charge is 0.0453 e. The van der Waals surface area contributed by atoms with E-state index in [-0.39, 0.29) is 0 Å². The average Bonchev–Trinajstić information content (AvgIpc) is 1.82. The topological polar surface area (TPSA) is 38.4 Å². The van der Waals surface area contributed by atoms with Gasteiger partial charge in [-0.05, 0) is 12.8 Å². The van der Waals surface area contributed by atoms with E-state index in [1.807, 2.05) is 20.8 Å². The summed E-state index contributed by atoms with van der Waals surface area (Å²) in [4.78, 5) is 3.88. The highest BCUT2D eigenvalue weighted by molar-refractivity contribution is 5.54. The van der Waals surface area contributed by atoms with Crippen LogP contribution in [0.25, 0.3) is 0 Å². The number of hydrogen-bond acceptors (Lipinski definition) is 2. The van der Waals surface area contributed by atoms with Crippen molar-refractivity contribution in [1.82, 2.24) is 0 Å². The van der Waals surface area contributed by atoms with Crippen LogP contribution in [0, 0.1) is 5.92 Å². The molecule has 0 aliphatic heterocycles. The third-order valence-corrected chi connectivity index (χ3v) is 1.04. The summed E-state index contributed by atoms with van der Waals surface area (Å²) < 4.78 is 0. The third-order valence-electron chi connectivity index (χ3n) is 1.04. The van der Waals surface area contributed by atoms with E-state index in [2.05, 4.69) is 4.99 Å². The number of nitrogens with zero attached hydrogens (tertiary/aromatic N) is 1. The van der Waals surface area contributed by atoms with E-state index in [4.69, 9.17) is 5.73 Å². The van der Waals surface area contributed by atoms with Crippen LogP contribution < -0.4 is 5.73 Å². The molecule has 0 aliphatic carbocycles. The minimum Gasteiger partial charge on any atom is -0.401 e. The van der Waals surface area contributed by atoms with E-state index in [1.165, 1.54) is 0 Å². The van der Waals surface area contributed by atoms with Gasteiger partial charge in [0.15, 0.2) is 0 Å². The minimum atomic E-state index is 0.397. The number of nitrogens with two attached hydrogens (primary N) is 1. The normalized spacial score (nSPS) is 13.6. The molecule has 2 nitrogen and oxygen atoms in total. The number of rotatable bonds is 2. The Kier molecular flexibility index (Phi) is 3.76. The lowest BCUT2D eigenvalue weighted by atomic mass is 10.2. The van der Waals surface area contributed by atoms with Crippen LogP contribution in [0.4, 0.5) is 0 Å². The van der Waals surface area contributed by atoms with Crippen LogP contribution in [0.2, 0.25) is 0 Å². The van der Waals surface area contributed by atoms with Gasteiger partial charge in [-0.3, -0.25) is 4.99 Å². The molecule has 9 heavy (non-hydrogen) atoms. The molecule has 0 fully saturated rings. The van der Waals surface area contributed by atoms with E-state index in [0.717, 1.165) is 5.70 Å². The molecule has 0 saturated carbocycles. The summed E-state index contributed by atoms with van der Waals surface area (Å²) >= 11 is 0. The van der Waals surface area contributed by atoms with Crippen LogP contribution in [0.5, 0.6) is 0 Å². The maximum atomic E-state index is 5.55. The number of allylic oxidation sites excluding steroid dienone is 1. The van der Waals surface area contributed by atoms with Gasteiger partial charge in [0.05, 0.1) is 0 Å². The predicted molar refractivity (Wildman–Crippen MR) is 41.3 cm³/mol. The first-order chi connectivity index (χ1) is 4.18. The Hall–Kier alpha value is -0.790. The lowest BCUT2D eigenvalue weighted by Gasteiger charge is -2.00. The molecule has 0 saturated heterocycles. The molecule has 0 aliphatic rings. The fourth-order valence-electron chi connectivity index (χ4n) is 0.310. The van der Waals surface area contributed by atoms with Crippen molar-refractivity contribution in [3.8, 4) is 0 Å². The van der Waals surface area contributed by atoms with E-state index in [1.54, 1.807) is 12.4 Å². The molecule has 0 rings (SSSR count). The van der Waals surface area contributed by atoms with Crippen LogP contribution in [-0.4, -0.2) is 6.21 Å². The van der Waals surface area contributed by atoms with Gasteiger partial charge in [0.2, 0.25) is 0 Å². The van der Waals surface area contributed by atoms with E-state index < -0.39 is 0 Å². The Balaban J connectivity index is 3.84. The van der Waals surface area contributed by atoms with Crippen molar-refractivity contribution in [2.45, 2.75) is 20.8 Å². The summed E-state index contributed by atoms with van der Waals surface area (Å²) in [6, 6.07) is 0. The Morgan fingerprint density at radius 1 is 1.56 bits per heavy atom. The van der Waals surface area contributed by atoms with Crippen LogP contribution >= 0.6 is 0 Å². The molecule has 0 atom stereocenters. The van der Waals surface area contributed by atoms with Crippen molar-refractivity contribution in [3.05, 3.63) is 11.9 Å². The van der Waals surface area contributed by atoms with Gasteiger partial charge in [0.1, 0.15) is 0 Å². The second-order valence-corrected chi connectivity index (χ2v) is 2.19. The second kappa shape index (κ2) is 4.13. The number of hydrogen-bond donors (Lipinski definition) is 1. The summed E-state index contributed by atoms with van der Waals surface area (Å²) in [5, 5.41) is 0. The predicted octanol–water partition coefficient (Wildman–Crippen LogP) is 1.53. The van der Waals surface area contributed by atoms with Crippen molar-refractivity contribution >= 4 is 6.21 Å². The summed E-state index contributed by atoms with van der Waals surface area (Å²) in [5.41, 5.74) is 6.38. The van der Waals surface area contributed by atoms with Crippen molar-refractivity contribution in [1.29, 1.82) is 0 Å². The maximum absolute atomic E-state index is 5.55. The van der Waals surface area contributed by atoms with Gasteiger partial charge in [-0.2, -0.15) is 0 Å². The Labute approximate surface area is 56.5 Å². The Morgan fingerprint density at radius 3 is 2.44 bits per heavy atom. The minimum absolute atomic E-state index is 0.397. The maximum Gasteiger partial charge on any atom is 0.0453 e. The van der Waals surface area contributed by atoms with Crippen LogP contribution in [0.15, 0.2) is 16.9 Å². The molecule has 0 unspecified atom stereocenters. The average molecular weight is 126 g/mol. The molecular formula is C7H14N2. The van der Waals surface area contributed by atoms with E-state index >= 15 is 0 Å². The molecule has 52 valence electrons. The molecule has 0 radical (unpaired) electrons. The lowest BCUT2D eigenvalue weighted by Crippen LogP contribution is -2.03. The van der Waals surface area contributed by atoms with Gasteiger partial charge in [-0.1, -0.05) is 13.8 Å². The number of aliphatic imine (C=N–C) groups is 1. The molecule has 0 aromatic rings. The summed E-state index contributed by atoms with van der Waals surface area (Å²) in [5.74, 6) is 0.397. The van der Waals surface area contributed by atoms with Gasteiger partial charge < -0.3 is 5.73 Å². The standard InChI is InChI=1S/C7H14N2/c1-4-9-5-7(8)6(2)3/h4-6H,8H2,1-3H3/b7-5-,9-4?. The first kappa shape index (κ1) is 8.21. The lowest BCUT2D eigenvalue weighted by molar-refractivity contribution is 0.754. The van der Waals surface area contributed by atoms with Crippen LogP contribution in [0.1, 0.15) is 20.8 Å². The van der Waals surface area contributed by atoms with Gasteiger partial charge in [0, 0.05) is 18.1 Å². The van der Waals surface area contributed by atoms with Gasteiger partial charge in [0.25, 0.3) is 0 Å². The largest absolute Gasteiger partial charge is 0.401 e.